The molecule has 1 aliphatic heterocycles. The molecule has 0 radical (unpaired) electrons. The molecule has 0 spiro atoms. The first-order valence-corrected chi connectivity index (χ1v) is 8.88. The third-order valence-electron chi connectivity index (χ3n) is 4.38. The zero-order valence-corrected chi connectivity index (χ0v) is 15.2. The monoisotopic (exact) mass is 359 g/mol. The summed E-state index contributed by atoms with van der Waals surface area (Å²) in [6, 6.07) is 9.70. The van der Waals surface area contributed by atoms with Gasteiger partial charge in [-0.1, -0.05) is 30.7 Å². The Morgan fingerprint density at radius 3 is 2.80 bits per heavy atom. The summed E-state index contributed by atoms with van der Waals surface area (Å²) in [6.07, 6.45) is 3.25. The molecule has 2 atom stereocenters. The van der Waals surface area contributed by atoms with Crippen molar-refractivity contribution in [1.29, 1.82) is 0 Å². The number of halogens is 1. The second-order valence-corrected chi connectivity index (χ2v) is 6.92. The molecule has 3 rings (SSSR count). The Balaban J connectivity index is 1.57. The summed E-state index contributed by atoms with van der Waals surface area (Å²) >= 11 is 5.93. The van der Waals surface area contributed by atoms with E-state index in [1.54, 1.807) is 19.2 Å². The van der Waals surface area contributed by atoms with E-state index in [4.69, 9.17) is 16.3 Å². The van der Waals surface area contributed by atoms with E-state index in [1.165, 1.54) is 0 Å². The molecule has 0 aliphatic carbocycles. The van der Waals surface area contributed by atoms with Gasteiger partial charge in [0.1, 0.15) is 22.8 Å². The Hall–Kier alpha value is -2.14. The van der Waals surface area contributed by atoms with Crippen molar-refractivity contribution in [3.63, 3.8) is 0 Å². The van der Waals surface area contributed by atoms with Gasteiger partial charge in [-0.15, -0.1) is 0 Å². The molecule has 2 heterocycles. The van der Waals surface area contributed by atoms with Crippen molar-refractivity contribution in [2.45, 2.75) is 38.7 Å². The summed E-state index contributed by atoms with van der Waals surface area (Å²) < 4.78 is 6.08. The van der Waals surface area contributed by atoms with Gasteiger partial charge < -0.3 is 14.4 Å². The third kappa shape index (κ3) is 4.69. The van der Waals surface area contributed by atoms with Crippen LogP contribution in [-0.4, -0.2) is 34.9 Å². The number of ether oxygens (including phenoxy) is 1. The van der Waals surface area contributed by atoms with Crippen LogP contribution in [0.2, 0.25) is 5.15 Å². The summed E-state index contributed by atoms with van der Waals surface area (Å²) in [7, 11) is 0. The quantitative estimate of drug-likeness (QED) is 0.733. The lowest BCUT2D eigenvalue weighted by molar-refractivity contribution is -0.117. The molecular weight excluding hydrogens is 338 g/mol. The van der Waals surface area contributed by atoms with E-state index in [2.05, 4.69) is 21.8 Å². The molecule has 1 fully saturated rings. The van der Waals surface area contributed by atoms with E-state index in [1.807, 2.05) is 24.3 Å². The van der Waals surface area contributed by atoms with Crippen LogP contribution in [-0.2, 0) is 4.79 Å². The first-order valence-electron chi connectivity index (χ1n) is 8.51. The van der Waals surface area contributed by atoms with Crippen LogP contribution in [0.15, 0.2) is 36.5 Å². The van der Waals surface area contributed by atoms with E-state index < -0.39 is 0 Å². The van der Waals surface area contributed by atoms with Gasteiger partial charge in [-0.05, 0) is 36.6 Å². The smallest absolute Gasteiger partial charge is 0.226 e. The number of Topliss-reactive ketones (excluding diaryl/α,β-unsaturated/α-hetero) is 1. The summed E-state index contributed by atoms with van der Waals surface area (Å²) in [5.41, 5.74) is 1.16. The van der Waals surface area contributed by atoms with Gasteiger partial charge in [0.25, 0.3) is 0 Å². The van der Waals surface area contributed by atoms with Gasteiger partial charge in [0, 0.05) is 25.6 Å². The van der Waals surface area contributed by atoms with E-state index in [0.29, 0.717) is 17.5 Å². The van der Waals surface area contributed by atoms with E-state index in [0.717, 1.165) is 30.8 Å². The molecule has 1 aliphatic rings. The fourth-order valence-electron chi connectivity index (χ4n) is 3.10. The Bertz CT molecular complexity index is 736. The van der Waals surface area contributed by atoms with Crippen LogP contribution in [0.25, 0.3) is 0 Å². The number of benzene rings is 1. The van der Waals surface area contributed by atoms with Crippen LogP contribution < -0.4 is 9.64 Å². The minimum Gasteiger partial charge on any atom is -0.489 e. The number of rotatable bonds is 6. The molecule has 2 aromatic rings. The Morgan fingerprint density at radius 1 is 1.36 bits per heavy atom. The largest absolute Gasteiger partial charge is 0.489 e. The highest BCUT2D eigenvalue weighted by atomic mass is 35.5. The summed E-state index contributed by atoms with van der Waals surface area (Å²) in [5.74, 6) is 1.93. The number of nitrogens with zero attached hydrogens (tertiary/aromatic N) is 3. The van der Waals surface area contributed by atoms with Gasteiger partial charge in [0.15, 0.2) is 0 Å². The number of carbonyl (C=O) groups is 1. The standard InChI is InChI=1S/C19H22ClN3O2/c1-13(11-14(2)24)15-3-5-16(6-4-15)25-17-8-10-23(12-17)19-21-9-7-18(20)22-19/h3-7,9,13,17H,8,10-12H2,1-2H3/t13-,17-/m1/s1. The maximum atomic E-state index is 11.2. The molecular formula is C19H22ClN3O2. The lowest BCUT2D eigenvalue weighted by atomic mass is 9.96. The summed E-state index contributed by atoms with van der Waals surface area (Å²) in [4.78, 5) is 21.8. The first-order chi connectivity index (χ1) is 12.0. The third-order valence-corrected chi connectivity index (χ3v) is 4.59. The second-order valence-electron chi connectivity index (χ2n) is 6.53. The van der Waals surface area contributed by atoms with Gasteiger partial charge in [0.05, 0.1) is 6.54 Å². The van der Waals surface area contributed by atoms with Crippen molar-refractivity contribution in [1.82, 2.24) is 9.97 Å². The van der Waals surface area contributed by atoms with Crippen LogP contribution in [0.1, 0.15) is 38.2 Å². The number of ketones is 1. The Morgan fingerprint density at radius 2 is 2.12 bits per heavy atom. The molecule has 0 N–H and O–H groups in total. The zero-order valence-electron chi connectivity index (χ0n) is 14.5. The van der Waals surface area contributed by atoms with Crippen LogP contribution in [0.5, 0.6) is 5.75 Å². The summed E-state index contributed by atoms with van der Waals surface area (Å²) in [5, 5.41) is 0.449. The molecule has 0 amide bonds. The molecule has 6 heteroatoms. The van der Waals surface area contributed by atoms with Crippen molar-refractivity contribution >= 4 is 23.3 Å². The maximum Gasteiger partial charge on any atom is 0.226 e. The topological polar surface area (TPSA) is 55.3 Å². The Kier molecular flexibility index (Phi) is 5.53. The van der Waals surface area contributed by atoms with Crippen LogP contribution >= 0.6 is 11.6 Å². The molecule has 25 heavy (non-hydrogen) atoms. The minimum absolute atomic E-state index is 0.100. The van der Waals surface area contributed by atoms with Gasteiger partial charge in [0.2, 0.25) is 5.95 Å². The second kappa shape index (κ2) is 7.83. The molecule has 1 saturated heterocycles. The highest BCUT2D eigenvalue weighted by Crippen LogP contribution is 2.25. The van der Waals surface area contributed by atoms with E-state index in [-0.39, 0.29) is 17.8 Å². The lowest BCUT2D eigenvalue weighted by Gasteiger charge is -2.17. The zero-order chi connectivity index (χ0) is 17.8. The van der Waals surface area contributed by atoms with Crippen molar-refractivity contribution in [2.24, 2.45) is 0 Å². The molecule has 0 bridgehead atoms. The maximum absolute atomic E-state index is 11.2. The number of aromatic nitrogens is 2. The van der Waals surface area contributed by atoms with E-state index in [9.17, 15) is 4.79 Å². The van der Waals surface area contributed by atoms with Gasteiger partial charge in [-0.2, -0.15) is 0 Å². The van der Waals surface area contributed by atoms with Gasteiger partial charge in [-0.3, -0.25) is 0 Å². The minimum atomic E-state index is 0.100. The van der Waals surface area contributed by atoms with Crippen LogP contribution in [0.4, 0.5) is 5.95 Å². The van der Waals surface area contributed by atoms with Crippen molar-refractivity contribution in [3.8, 4) is 5.75 Å². The van der Waals surface area contributed by atoms with Crippen molar-refractivity contribution < 1.29 is 9.53 Å². The first kappa shape index (κ1) is 17.7. The lowest BCUT2D eigenvalue weighted by Crippen LogP contribution is -2.26. The Labute approximate surface area is 153 Å². The highest BCUT2D eigenvalue weighted by molar-refractivity contribution is 6.29. The molecule has 132 valence electrons. The fraction of sp³-hybridized carbons (Fsp3) is 0.421. The number of hydrogen-bond acceptors (Lipinski definition) is 5. The highest BCUT2D eigenvalue weighted by Gasteiger charge is 2.26. The molecule has 0 saturated carbocycles. The van der Waals surface area contributed by atoms with Crippen LogP contribution in [0, 0.1) is 0 Å². The molecule has 1 aromatic heterocycles. The van der Waals surface area contributed by atoms with Crippen molar-refractivity contribution in [3.05, 3.63) is 47.2 Å². The van der Waals surface area contributed by atoms with Gasteiger partial charge in [-0.25, -0.2) is 9.97 Å². The summed E-state index contributed by atoms with van der Waals surface area (Å²) in [6.45, 7) is 5.28. The predicted octanol–water partition coefficient (Wildman–Crippen LogP) is 3.87. The fourth-order valence-corrected chi connectivity index (χ4v) is 3.23. The number of anilines is 1. The number of carbonyl (C=O) groups excluding carboxylic acids is 1. The van der Waals surface area contributed by atoms with Crippen LogP contribution in [0.3, 0.4) is 0 Å². The number of hydrogen-bond donors (Lipinski definition) is 0. The average molecular weight is 360 g/mol. The molecule has 5 nitrogen and oxygen atoms in total. The van der Waals surface area contributed by atoms with Gasteiger partial charge >= 0.3 is 0 Å². The van der Waals surface area contributed by atoms with E-state index >= 15 is 0 Å². The molecule has 1 aromatic carbocycles. The van der Waals surface area contributed by atoms with Crippen molar-refractivity contribution in [2.75, 3.05) is 18.0 Å². The molecule has 0 unspecified atom stereocenters. The average Bonchev–Trinajstić information content (AvgIpc) is 3.03. The SMILES string of the molecule is CC(=O)C[C@@H](C)c1ccc(O[C@@H]2CCN(c3nccc(Cl)n3)C2)cc1. The predicted molar refractivity (Wildman–Crippen MR) is 98.4 cm³/mol. The normalized spacial score (nSPS) is 18.2.